The SMILES string of the molecule is O=C([O-])c1cccc2c1OC1C=CC=C2C1. The maximum absolute atomic E-state index is 11.0. The van der Waals surface area contributed by atoms with Gasteiger partial charge in [-0.15, -0.1) is 0 Å². The van der Waals surface area contributed by atoms with Crippen LogP contribution in [-0.2, 0) is 0 Å². The van der Waals surface area contributed by atoms with E-state index in [1.54, 1.807) is 6.07 Å². The number of ether oxygens (including phenoxy) is 1. The number of benzene rings is 1. The molecule has 80 valence electrons. The molecule has 0 fully saturated rings. The van der Waals surface area contributed by atoms with Crippen molar-refractivity contribution >= 4 is 11.5 Å². The molecule has 0 amide bonds. The normalized spacial score (nSPS) is 20.8. The molecule has 0 saturated heterocycles. The number of hydrogen-bond acceptors (Lipinski definition) is 3. The first-order valence-electron chi connectivity index (χ1n) is 5.14. The Kier molecular flexibility index (Phi) is 1.86. The van der Waals surface area contributed by atoms with E-state index in [4.69, 9.17) is 4.74 Å². The van der Waals surface area contributed by atoms with Gasteiger partial charge < -0.3 is 14.6 Å². The van der Waals surface area contributed by atoms with Crippen molar-refractivity contribution in [2.24, 2.45) is 0 Å². The lowest BCUT2D eigenvalue weighted by Gasteiger charge is -2.30. The summed E-state index contributed by atoms with van der Waals surface area (Å²) in [7, 11) is 0. The van der Waals surface area contributed by atoms with Gasteiger partial charge in [0.05, 0.1) is 5.97 Å². The Labute approximate surface area is 92.7 Å². The second kappa shape index (κ2) is 3.23. The third-order valence-electron chi connectivity index (χ3n) is 2.89. The smallest absolute Gasteiger partial charge is 0.136 e. The minimum absolute atomic E-state index is 0.0481. The molecule has 1 aromatic carbocycles. The first-order valence-corrected chi connectivity index (χ1v) is 5.14. The van der Waals surface area contributed by atoms with Crippen LogP contribution in [0.1, 0.15) is 22.3 Å². The van der Waals surface area contributed by atoms with E-state index < -0.39 is 5.97 Å². The molecule has 16 heavy (non-hydrogen) atoms. The summed E-state index contributed by atoms with van der Waals surface area (Å²) in [4.78, 5) is 11.0. The number of fused-ring (bicyclic) bond motifs is 4. The number of carbonyl (C=O) groups excluding carboxylic acids is 1. The van der Waals surface area contributed by atoms with E-state index in [1.807, 2.05) is 24.3 Å². The third-order valence-corrected chi connectivity index (χ3v) is 2.89. The zero-order valence-electron chi connectivity index (χ0n) is 8.47. The summed E-state index contributed by atoms with van der Waals surface area (Å²) in [5, 5.41) is 11.0. The number of para-hydroxylation sites is 1. The summed E-state index contributed by atoms with van der Waals surface area (Å²) in [6.07, 6.45) is 6.63. The predicted octanol–water partition coefficient (Wildman–Crippen LogP) is 1.15. The van der Waals surface area contributed by atoms with Crippen molar-refractivity contribution in [2.45, 2.75) is 12.5 Å². The first-order chi connectivity index (χ1) is 7.75. The van der Waals surface area contributed by atoms with Gasteiger partial charge in [0, 0.05) is 17.5 Å². The minimum Gasteiger partial charge on any atom is -0.545 e. The van der Waals surface area contributed by atoms with Crippen molar-refractivity contribution in [2.75, 3.05) is 0 Å². The fourth-order valence-corrected chi connectivity index (χ4v) is 2.16. The van der Waals surface area contributed by atoms with E-state index in [0.717, 1.165) is 17.6 Å². The van der Waals surface area contributed by atoms with Crippen LogP contribution in [0.5, 0.6) is 5.75 Å². The highest BCUT2D eigenvalue weighted by atomic mass is 16.5. The number of carboxylic acid groups (broad SMARTS) is 1. The maximum atomic E-state index is 11.0. The largest absolute Gasteiger partial charge is 0.545 e. The van der Waals surface area contributed by atoms with Crippen LogP contribution >= 0.6 is 0 Å². The van der Waals surface area contributed by atoms with Crippen molar-refractivity contribution in [3.8, 4) is 5.75 Å². The van der Waals surface area contributed by atoms with Crippen molar-refractivity contribution in [3.05, 3.63) is 47.6 Å². The molecular formula is C13H9O3-. The summed E-state index contributed by atoms with van der Waals surface area (Å²) in [6, 6.07) is 5.11. The Morgan fingerprint density at radius 2 is 2.31 bits per heavy atom. The molecule has 0 radical (unpaired) electrons. The van der Waals surface area contributed by atoms with Gasteiger partial charge in [0.25, 0.3) is 0 Å². The summed E-state index contributed by atoms with van der Waals surface area (Å²) >= 11 is 0. The molecule has 0 N–H and O–H groups in total. The van der Waals surface area contributed by atoms with Crippen molar-refractivity contribution < 1.29 is 14.6 Å². The molecule has 1 atom stereocenters. The molecule has 1 unspecified atom stereocenters. The lowest BCUT2D eigenvalue weighted by Crippen LogP contribution is -2.27. The summed E-state index contributed by atoms with van der Waals surface area (Å²) in [6.45, 7) is 0. The highest BCUT2D eigenvalue weighted by molar-refractivity contribution is 5.93. The van der Waals surface area contributed by atoms with Gasteiger partial charge in [0.1, 0.15) is 11.9 Å². The topological polar surface area (TPSA) is 49.4 Å². The fourth-order valence-electron chi connectivity index (χ4n) is 2.16. The highest BCUT2D eigenvalue weighted by Crippen LogP contribution is 2.39. The van der Waals surface area contributed by atoms with Crippen LogP contribution in [-0.4, -0.2) is 12.1 Å². The van der Waals surface area contributed by atoms with Crippen molar-refractivity contribution in [1.29, 1.82) is 0 Å². The molecule has 3 rings (SSSR count). The summed E-state index contributed by atoms with van der Waals surface area (Å²) in [5.41, 5.74) is 2.11. The van der Waals surface area contributed by atoms with Gasteiger partial charge in [0.15, 0.2) is 0 Å². The quantitative estimate of drug-likeness (QED) is 0.703. The molecule has 2 bridgehead atoms. The monoisotopic (exact) mass is 213 g/mol. The van der Waals surface area contributed by atoms with Gasteiger partial charge in [-0.25, -0.2) is 0 Å². The molecule has 2 aliphatic rings. The van der Waals surface area contributed by atoms with Gasteiger partial charge in [0.2, 0.25) is 0 Å². The van der Waals surface area contributed by atoms with Crippen molar-refractivity contribution in [3.63, 3.8) is 0 Å². The Hall–Kier alpha value is -2.03. The van der Waals surface area contributed by atoms with E-state index in [2.05, 4.69) is 0 Å². The molecule has 0 spiro atoms. The van der Waals surface area contributed by atoms with Crippen LogP contribution in [0, 0.1) is 0 Å². The van der Waals surface area contributed by atoms with Crippen LogP contribution in [0.25, 0.3) is 5.57 Å². The number of allylic oxidation sites excluding steroid dienone is 2. The maximum Gasteiger partial charge on any atom is 0.136 e. The second-order valence-electron chi connectivity index (χ2n) is 3.91. The Balaban J connectivity index is 2.22. The zero-order chi connectivity index (χ0) is 11.1. The van der Waals surface area contributed by atoms with Gasteiger partial charge >= 0.3 is 0 Å². The molecule has 1 aliphatic carbocycles. The van der Waals surface area contributed by atoms with E-state index in [0.29, 0.717) is 5.75 Å². The number of carboxylic acids is 1. The molecule has 1 heterocycles. The lowest BCUT2D eigenvalue weighted by molar-refractivity contribution is -0.255. The summed E-state index contributed by atoms with van der Waals surface area (Å²) in [5.74, 6) is -0.754. The number of aromatic carboxylic acids is 1. The Morgan fingerprint density at radius 3 is 3.12 bits per heavy atom. The molecular weight excluding hydrogens is 204 g/mol. The van der Waals surface area contributed by atoms with Crippen LogP contribution in [0.15, 0.2) is 36.4 Å². The number of hydrogen-bond donors (Lipinski definition) is 0. The van der Waals surface area contributed by atoms with E-state index in [-0.39, 0.29) is 11.7 Å². The van der Waals surface area contributed by atoms with E-state index in [9.17, 15) is 9.90 Å². The minimum atomic E-state index is -1.19. The lowest BCUT2D eigenvalue weighted by atomic mass is 9.91. The fraction of sp³-hybridized carbons (Fsp3) is 0.154. The van der Waals surface area contributed by atoms with Gasteiger partial charge in [-0.1, -0.05) is 24.3 Å². The van der Waals surface area contributed by atoms with Crippen molar-refractivity contribution in [1.82, 2.24) is 0 Å². The number of carbonyl (C=O) groups is 1. The van der Waals surface area contributed by atoms with Crippen LogP contribution in [0.2, 0.25) is 0 Å². The highest BCUT2D eigenvalue weighted by Gasteiger charge is 2.25. The van der Waals surface area contributed by atoms with Crippen LogP contribution in [0.4, 0.5) is 0 Å². The first kappa shape index (κ1) is 9.21. The molecule has 0 saturated carbocycles. The molecule has 3 heteroatoms. The Bertz CT molecular complexity index is 526. The Morgan fingerprint density at radius 1 is 1.44 bits per heavy atom. The average molecular weight is 213 g/mol. The third kappa shape index (κ3) is 1.25. The van der Waals surface area contributed by atoms with Crippen LogP contribution in [0.3, 0.4) is 0 Å². The average Bonchev–Trinajstić information content (AvgIpc) is 2.28. The molecule has 1 aromatic rings. The van der Waals surface area contributed by atoms with Gasteiger partial charge in [-0.05, 0) is 17.7 Å². The second-order valence-corrected chi connectivity index (χ2v) is 3.91. The van der Waals surface area contributed by atoms with E-state index >= 15 is 0 Å². The number of rotatable bonds is 1. The van der Waals surface area contributed by atoms with E-state index in [1.165, 1.54) is 6.07 Å². The zero-order valence-corrected chi connectivity index (χ0v) is 8.47. The van der Waals surface area contributed by atoms with Crippen LogP contribution < -0.4 is 9.84 Å². The van der Waals surface area contributed by atoms with Gasteiger partial charge in [-0.3, -0.25) is 0 Å². The molecule has 3 nitrogen and oxygen atoms in total. The standard InChI is InChI=1S/C13H10O3/c14-13(15)11-6-2-5-10-8-3-1-4-9(7-8)16-12(10)11/h1-6,9H,7H2,(H,14,15)/p-1. The predicted molar refractivity (Wildman–Crippen MR) is 56.9 cm³/mol. The molecule has 1 aliphatic heterocycles. The molecule has 0 aromatic heterocycles. The summed E-state index contributed by atoms with van der Waals surface area (Å²) < 4.78 is 5.65. The van der Waals surface area contributed by atoms with Gasteiger partial charge in [-0.2, -0.15) is 0 Å².